The Balaban J connectivity index is 2.35. The van der Waals surface area contributed by atoms with Gasteiger partial charge in [0.25, 0.3) is 0 Å². The molecule has 13 heavy (non-hydrogen) atoms. The number of rotatable bonds is 1. The third kappa shape index (κ3) is 1.71. The molecule has 0 aliphatic carbocycles. The Bertz CT molecular complexity index is 330. The second-order valence-electron chi connectivity index (χ2n) is 3.88. The standard InChI is InChI=1S/C11H15OP/c1-10-4-6-11(7-5-10)13(12)8-2-3-9-13/h4-7H,2-3,8-9H2,1H3. The van der Waals surface area contributed by atoms with E-state index < -0.39 is 7.14 Å². The van der Waals surface area contributed by atoms with Crippen LogP contribution in [0.5, 0.6) is 0 Å². The lowest BCUT2D eigenvalue weighted by molar-refractivity contribution is 0.585. The van der Waals surface area contributed by atoms with Crippen molar-refractivity contribution in [1.82, 2.24) is 0 Å². The Kier molecular flexibility index (Phi) is 2.29. The third-order valence-corrected chi connectivity index (χ3v) is 6.11. The van der Waals surface area contributed by atoms with Crippen molar-refractivity contribution in [3.8, 4) is 0 Å². The van der Waals surface area contributed by atoms with E-state index in [1.165, 1.54) is 5.56 Å². The Morgan fingerprint density at radius 1 is 1.08 bits per heavy atom. The highest BCUT2D eigenvalue weighted by atomic mass is 31.2. The first-order valence-corrected chi connectivity index (χ1v) is 6.94. The summed E-state index contributed by atoms with van der Waals surface area (Å²) in [5, 5.41) is 1.09. The molecule has 1 aromatic carbocycles. The molecule has 1 heterocycles. The van der Waals surface area contributed by atoms with Crippen LogP contribution in [-0.4, -0.2) is 12.3 Å². The van der Waals surface area contributed by atoms with Crippen molar-refractivity contribution < 1.29 is 4.57 Å². The lowest BCUT2D eigenvalue weighted by atomic mass is 10.2. The van der Waals surface area contributed by atoms with Crippen molar-refractivity contribution in [1.29, 1.82) is 0 Å². The van der Waals surface area contributed by atoms with Gasteiger partial charge in [0.1, 0.15) is 7.14 Å². The number of hydrogen-bond acceptors (Lipinski definition) is 1. The molecule has 1 aliphatic heterocycles. The predicted molar refractivity (Wildman–Crippen MR) is 57.4 cm³/mol. The molecule has 1 aliphatic rings. The average Bonchev–Trinajstić information content (AvgIpc) is 2.54. The molecule has 1 aromatic rings. The van der Waals surface area contributed by atoms with Crippen molar-refractivity contribution in [2.24, 2.45) is 0 Å². The summed E-state index contributed by atoms with van der Waals surface area (Å²) < 4.78 is 12.3. The maximum Gasteiger partial charge on any atom is 0.115 e. The van der Waals surface area contributed by atoms with Crippen LogP contribution < -0.4 is 5.30 Å². The molecule has 0 spiro atoms. The van der Waals surface area contributed by atoms with Gasteiger partial charge in [-0.2, -0.15) is 0 Å². The summed E-state index contributed by atoms with van der Waals surface area (Å²) in [6, 6.07) is 8.21. The zero-order valence-corrected chi connectivity index (χ0v) is 8.89. The lowest BCUT2D eigenvalue weighted by Crippen LogP contribution is -2.05. The molecule has 0 radical (unpaired) electrons. The molecule has 2 heteroatoms. The number of benzene rings is 1. The van der Waals surface area contributed by atoms with E-state index in [0.717, 1.165) is 30.5 Å². The van der Waals surface area contributed by atoms with Crippen LogP contribution in [-0.2, 0) is 4.57 Å². The van der Waals surface area contributed by atoms with Crippen LogP contribution in [0.15, 0.2) is 24.3 Å². The van der Waals surface area contributed by atoms with Gasteiger partial charge >= 0.3 is 0 Å². The summed E-state index contributed by atoms with van der Waals surface area (Å²) in [6.45, 7) is 2.06. The minimum atomic E-state index is -1.94. The van der Waals surface area contributed by atoms with Crippen molar-refractivity contribution in [3.63, 3.8) is 0 Å². The molecule has 1 saturated heterocycles. The van der Waals surface area contributed by atoms with Gasteiger partial charge in [-0.1, -0.05) is 29.8 Å². The molecule has 0 unspecified atom stereocenters. The Labute approximate surface area is 79.5 Å². The zero-order chi connectivity index (χ0) is 9.31. The Morgan fingerprint density at radius 3 is 2.15 bits per heavy atom. The van der Waals surface area contributed by atoms with Crippen LogP contribution >= 0.6 is 7.14 Å². The smallest absolute Gasteiger partial charge is 0.115 e. The topological polar surface area (TPSA) is 17.1 Å². The molecule has 0 N–H and O–H groups in total. The molecule has 70 valence electrons. The summed E-state index contributed by atoms with van der Waals surface area (Å²) in [7, 11) is -1.94. The molecular formula is C11H15OP. The lowest BCUT2D eigenvalue weighted by Gasteiger charge is -2.10. The zero-order valence-electron chi connectivity index (χ0n) is 7.99. The van der Waals surface area contributed by atoms with Gasteiger partial charge in [0, 0.05) is 17.6 Å². The molecule has 0 bridgehead atoms. The number of aryl methyl sites for hydroxylation is 1. The van der Waals surface area contributed by atoms with Gasteiger partial charge in [-0.05, 0) is 19.8 Å². The highest BCUT2D eigenvalue weighted by Gasteiger charge is 2.28. The first-order chi connectivity index (χ1) is 6.21. The fourth-order valence-electron chi connectivity index (χ4n) is 1.92. The van der Waals surface area contributed by atoms with Crippen LogP contribution in [0.1, 0.15) is 18.4 Å². The molecule has 0 atom stereocenters. The maximum atomic E-state index is 12.3. The normalized spacial score (nSPS) is 20.4. The third-order valence-electron chi connectivity index (χ3n) is 2.79. The van der Waals surface area contributed by atoms with Gasteiger partial charge in [0.2, 0.25) is 0 Å². The number of hydrogen-bond donors (Lipinski definition) is 0. The van der Waals surface area contributed by atoms with Gasteiger partial charge < -0.3 is 4.57 Å². The molecule has 0 amide bonds. The highest BCUT2D eigenvalue weighted by molar-refractivity contribution is 7.71. The Morgan fingerprint density at radius 2 is 1.62 bits per heavy atom. The van der Waals surface area contributed by atoms with Crippen LogP contribution in [0.2, 0.25) is 0 Å². The van der Waals surface area contributed by atoms with E-state index in [4.69, 9.17) is 0 Å². The summed E-state index contributed by atoms with van der Waals surface area (Å²) in [4.78, 5) is 0. The Hall–Kier alpha value is -0.550. The van der Waals surface area contributed by atoms with E-state index in [1.54, 1.807) is 0 Å². The van der Waals surface area contributed by atoms with Crippen LogP contribution in [0.25, 0.3) is 0 Å². The van der Waals surface area contributed by atoms with Crippen molar-refractivity contribution >= 4 is 12.4 Å². The van der Waals surface area contributed by atoms with Crippen molar-refractivity contribution in [2.45, 2.75) is 19.8 Å². The first-order valence-electron chi connectivity index (χ1n) is 4.86. The highest BCUT2D eigenvalue weighted by Crippen LogP contribution is 2.50. The van der Waals surface area contributed by atoms with E-state index in [0.29, 0.717) is 0 Å². The summed E-state index contributed by atoms with van der Waals surface area (Å²) >= 11 is 0. The minimum absolute atomic E-state index is 0.927. The van der Waals surface area contributed by atoms with E-state index in [-0.39, 0.29) is 0 Å². The summed E-state index contributed by atoms with van der Waals surface area (Å²) in [5.41, 5.74) is 1.24. The molecular weight excluding hydrogens is 179 g/mol. The van der Waals surface area contributed by atoms with Crippen molar-refractivity contribution in [3.05, 3.63) is 29.8 Å². The summed E-state index contributed by atoms with van der Waals surface area (Å²) in [5.74, 6) is 0. The van der Waals surface area contributed by atoms with Gasteiger partial charge in [-0.3, -0.25) is 0 Å². The fraction of sp³-hybridized carbons (Fsp3) is 0.455. The van der Waals surface area contributed by atoms with E-state index >= 15 is 0 Å². The van der Waals surface area contributed by atoms with Crippen molar-refractivity contribution in [2.75, 3.05) is 12.3 Å². The molecule has 0 saturated carbocycles. The molecule has 1 nitrogen and oxygen atoms in total. The largest absolute Gasteiger partial charge is 0.319 e. The van der Waals surface area contributed by atoms with Gasteiger partial charge in [0.15, 0.2) is 0 Å². The van der Waals surface area contributed by atoms with E-state index in [1.807, 2.05) is 12.1 Å². The SMILES string of the molecule is Cc1ccc(P2(=O)CCCC2)cc1. The second kappa shape index (κ2) is 3.31. The monoisotopic (exact) mass is 194 g/mol. The summed E-state index contributed by atoms with van der Waals surface area (Å²) in [6.07, 6.45) is 4.14. The predicted octanol–water partition coefficient (Wildman–Crippen LogP) is 2.78. The quantitative estimate of drug-likeness (QED) is 0.628. The molecule has 1 fully saturated rings. The fourth-order valence-corrected chi connectivity index (χ4v) is 4.82. The molecule has 2 rings (SSSR count). The van der Waals surface area contributed by atoms with Crippen LogP contribution in [0, 0.1) is 6.92 Å². The van der Waals surface area contributed by atoms with E-state index in [9.17, 15) is 4.57 Å². The van der Waals surface area contributed by atoms with Crippen LogP contribution in [0.3, 0.4) is 0 Å². The average molecular weight is 194 g/mol. The maximum absolute atomic E-state index is 12.3. The van der Waals surface area contributed by atoms with E-state index in [2.05, 4.69) is 19.1 Å². The van der Waals surface area contributed by atoms with Gasteiger partial charge in [-0.25, -0.2) is 0 Å². The minimum Gasteiger partial charge on any atom is -0.319 e. The first kappa shape index (κ1) is 9.02. The van der Waals surface area contributed by atoms with Crippen LogP contribution in [0.4, 0.5) is 0 Å². The van der Waals surface area contributed by atoms with Gasteiger partial charge in [0.05, 0.1) is 0 Å². The molecule has 0 aromatic heterocycles. The second-order valence-corrected chi connectivity index (χ2v) is 7.07. The van der Waals surface area contributed by atoms with Gasteiger partial charge in [-0.15, -0.1) is 0 Å².